The fourth-order valence-corrected chi connectivity index (χ4v) is 1.34. The number of benzene rings is 1. The highest BCUT2D eigenvalue weighted by Gasteiger charge is 2.31. The summed E-state index contributed by atoms with van der Waals surface area (Å²) >= 11 is 4.55. The molecule has 0 aliphatic heterocycles. The van der Waals surface area contributed by atoms with Gasteiger partial charge in [-0.25, -0.2) is 9.49 Å². The number of aromatic nitrogens is 2. The van der Waals surface area contributed by atoms with Gasteiger partial charge >= 0.3 is 6.18 Å². The summed E-state index contributed by atoms with van der Waals surface area (Å²) < 4.78 is 55.4. The molecule has 2 rings (SSSR count). The van der Waals surface area contributed by atoms with Crippen molar-refractivity contribution in [3.63, 3.8) is 0 Å². The Morgan fingerprint density at radius 2 is 2.00 bits per heavy atom. The molecule has 0 aliphatic rings. The lowest BCUT2D eigenvalue weighted by atomic mass is 10.1. The maximum atomic E-state index is 13.3. The van der Waals surface area contributed by atoms with Gasteiger partial charge in [0.05, 0.1) is 11.1 Å². The Bertz CT molecular complexity index is 602. The quantitative estimate of drug-likeness (QED) is 0.632. The van der Waals surface area contributed by atoms with Crippen molar-refractivity contribution in [1.82, 2.24) is 10.2 Å². The van der Waals surface area contributed by atoms with Gasteiger partial charge in [-0.2, -0.15) is 13.2 Å². The first-order valence-electron chi connectivity index (χ1n) is 4.30. The third-order valence-electron chi connectivity index (χ3n) is 1.96. The molecule has 17 heavy (non-hydrogen) atoms. The van der Waals surface area contributed by atoms with Crippen LogP contribution in [0.15, 0.2) is 22.6 Å². The minimum Gasteiger partial charge on any atom is -0.409 e. The van der Waals surface area contributed by atoms with Crippen molar-refractivity contribution in [3.8, 4) is 11.5 Å². The van der Waals surface area contributed by atoms with E-state index in [2.05, 4.69) is 22.4 Å². The molecule has 0 bridgehead atoms. The lowest BCUT2D eigenvalue weighted by molar-refractivity contribution is -0.137. The van der Waals surface area contributed by atoms with Crippen molar-refractivity contribution in [2.24, 2.45) is 0 Å². The van der Waals surface area contributed by atoms with Crippen LogP contribution in [-0.2, 0) is 6.18 Å². The second kappa shape index (κ2) is 3.95. The molecule has 90 valence electrons. The predicted octanol–water partition coefficient (Wildman–Crippen LogP) is 3.56. The van der Waals surface area contributed by atoms with E-state index in [1.807, 2.05) is 0 Å². The van der Waals surface area contributed by atoms with Gasteiger partial charge in [-0.1, -0.05) is 0 Å². The van der Waals surface area contributed by atoms with Crippen LogP contribution in [0.25, 0.3) is 11.5 Å². The van der Waals surface area contributed by atoms with E-state index in [-0.39, 0.29) is 10.7 Å². The Labute approximate surface area is 97.1 Å². The molecule has 8 heteroatoms. The Hall–Kier alpha value is -1.70. The van der Waals surface area contributed by atoms with Crippen LogP contribution >= 0.6 is 12.2 Å². The van der Waals surface area contributed by atoms with Crippen LogP contribution in [-0.4, -0.2) is 10.2 Å². The zero-order valence-corrected chi connectivity index (χ0v) is 8.82. The van der Waals surface area contributed by atoms with Gasteiger partial charge in [-0.3, -0.25) is 0 Å². The molecule has 0 radical (unpaired) electrons. The van der Waals surface area contributed by atoms with Crippen molar-refractivity contribution >= 4 is 12.2 Å². The molecule has 0 saturated heterocycles. The number of hydrogen-bond acceptors (Lipinski definition) is 3. The first-order chi connectivity index (χ1) is 7.88. The van der Waals surface area contributed by atoms with E-state index in [9.17, 15) is 17.6 Å². The molecule has 1 heterocycles. The van der Waals surface area contributed by atoms with E-state index in [0.29, 0.717) is 18.2 Å². The third-order valence-corrected chi connectivity index (χ3v) is 2.14. The molecule has 1 aromatic heterocycles. The second-order valence-corrected chi connectivity index (χ2v) is 3.48. The highest BCUT2D eigenvalue weighted by atomic mass is 32.1. The number of alkyl halides is 3. The molecule has 1 N–H and O–H groups in total. The van der Waals surface area contributed by atoms with Crippen LogP contribution in [0.2, 0.25) is 0 Å². The lowest BCUT2D eigenvalue weighted by Crippen LogP contribution is -2.05. The molecule has 2 aromatic rings. The molecule has 1 aromatic carbocycles. The van der Waals surface area contributed by atoms with Crippen LogP contribution in [0, 0.1) is 10.7 Å². The molecule has 3 nitrogen and oxygen atoms in total. The van der Waals surface area contributed by atoms with Gasteiger partial charge in [0.2, 0.25) is 5.89 Å². The van der Waals surface area contributed by atoms with Crippen molar-refractivity contribution in [1.29, 1.82) is 0 Å². The van der Waals surface area contributed by atoms with Crippen LogP contribution in [0.5, 0.6) is 0 Å². The fraction of sp³-hybridized carbons (Fsp3) is 0.111. The molecule has 0 saturated carbocycles. The summed E-state index contributed by atoms with van der Waals surface area (Å²) in [6, 6.07) is 1.95. The van der Waals surface area contributed by atoms with Crippen molar-refractivity contribution in [2.75, 3.05) is 0 Å². The lowest BCUT2D eigenvalue weighted by Gasteiger charge is -2.07. The van der Waals surface area contributed by atoms with Gasteiger partial charge in [0.1, 0.15) is 5.82 Å². The topological polar surface area (TPSA) is 41.8 Å². The number of nitrogens with zero attached hydrogens (tertiary/aromatic N) is 1. The van der Waals surface area contributed by atoms with E-state index in [1.54, 1.807) is 0 Å². The number of halogens is 4. The van der Waals surface area contributed by atoms with E-state index < -0.39 is 23.1 Å². The van der Waals surface area contributed by atoms with Gasteiger partial charge in [0, 0.05) is 0 Å². The molecular weight excluding hydrogens is 260 g/mol. The van der Waals surface area contributed by atoms with Crippen molar-refractivity contribution in [3.05, 3.63) is 34.4 Å². The summed E-state index contributed by atoms with van der Waals surface area (Å²) in [5, 5.41) is 5.67. The van der Waals surface area contributed by atoms with Crippen LogP contribution in [0.4, 0.5) is 17.6 Å². The molecule has 0 spiro atoms. The minimum absolute atomic E-state index is 0.142. The van der Waals surface area contributed by atoms with Crippen LogP contribution in [0.1, 0.15) is 5.56 Å². The van der Waals surface area contributed by atoms with Gasteiger partial charge < -0.3 is 4.42 Å². The maximum absolute atomic E-state index is 13.3. The Morgan fingerprint density at radius 1 is 1.29 bits per heavy atom. The zero-order valence-electron chi connectivity index (χ0n) is 8.01. The molecule has 0 atom stereocenters. The molecule has 0 amide bonds. The monoisotopic (exact) mass is 264 g/mol. The van der Waals surface area contributed by atoms with Crippen molar-refractivity contribution in [2.45, 2.75) is 6.18 Å². The smallest absolute Gasteiger partial charge is 0.409 e. The number of nitrogens with one attached hydrogen (secondary N) is 1. The normalized spacial score (nSPS) is 11.8. The SMILES string of the molecule is Fc1ccc(C(F)(F)F)cc1-c1n[nH]c(=S)o1. The Kier molecular flexibility index (Phi) is 2.74. The average Bonchev–Trinajstić information content (AvgIpc) is 2.63. The van der Waals surface area contributed by atoms with Crippen molar-refractivity contribution < 1.29 is 22.0 Å². The number of rotatable bonds is 1. The maximum Gasteiger partial charge on any atom is 0.416 e. The van der Waals surface area contributed by atoms with E-state index in [4.69, 9.17) is 4.42 Å². The fourth-order valence-electron chi connectivity index (χ4n) is 1.21. The summed E-state index contributed by atoms with van der Waals surface area (Å²) in [7, 11) is 0. The minimum atomic E-state index is -4.56. The van der Waals surface area contributed by atoms with Gasteiger partial charge in [0.25, 0.3) is 4.84 Å². The predicted molar refractivity (Wildman–Crippen MR) is 52.1 cm³/mol. The molecule has 0 unspecified atom stereocenters. The first-order valence-corrected chi connectivity index (χ1v) is 4.71. The van der Waals surface area contributed by atoms with Gasteiger partial charge in [-0.15, -0.1) is 5.10 Å². The van der Waals surface area contributed by atoms with E-state index >= 15 is 0 Å². The van der Waals surface area contributed by atoms with Gasteiger partial charge in [0.15, 0.2) is 0 Å². The van der Waals surface area contributed by atoms with Crippen LogP contribution in [0.3, 0.4) is 0 Å². The third kappa shape index (κ3) is 2.36. The number of hydrogen-bond donors (Lipinski definition) is 1. The standard InChI is InChI=1S/C9H4F4N2OS/c10-6-2-1-4(9(11,12)13)3-5(6)7-14-15-8(17)16-7/h1-3H,(H,15,17). The number of H-pyrrole nitrogens is 1. The van der Waals surface area contributed by atoms with E-state index in [1.165, 1.54) is 0 Å². The Morgan fingerprint density at radius 3 is 2.53 bits per heavy atom. The first kappa shape index (κ1) is 11.8. The second-order valence-electron chi connectivity index (χ2n) is 3.11. The van der Waals surface area contributed by atoms with Gasteiger partial charge in [-0.05, 0) is 30.4 Å². The largest absolute Gasteiger partial charge is 0.416 e. The summed E-state index contributed by atoms with van der Waals surface area (Å²) in [5.74, 6) is -1.19. The van der Waals surface area contributed by atoms with E-state index in [0.717, 1.165) is 0 Å². The molecule has 0 fully saturated rings. The highest BCUT2D eigenvalue weighted by molar-refractivity contribution is 7.71. The molecule has 0 aliphatic carbocycles. The summed E-state index contributed by atoms with van der Waals surface area (Å²) in [6.45, 7) is 0. The Balaban J connectivity index is 2.58. The summed E-state index contributed by atoms with van der Waals surface area (Å²) in [6.07, 6.45) is -4.56. The molecular formula is C9H4F4N2OS. The summed E-state index contributed by atoms with van der Waals surface area (Å²) in [5.41, 5.74) is -1.38. The summed E-state index contributed by atoms with van der Waals surface area (Å²) in [4.78, 5) is -0.142. The number of aromatic amines is 1. The zero-order chi connectivity index (χ0) is 12.6. The van der Waals surface area contributed by atoms with Crippen LogP contribution < -0.4 is 0 Å². The average molecular weight is 264 g/mol. The highest BCUT2D eigenvalue weighted by Crippen LogP contribution is 2.32.